The van der Waals surface area contributed by atoms with E-state index in [9.17, 15) is 0 Å². The Kier molecular flexibility index (Phi) is 12.0. The summed E-state index contributed by atoms with van der Waals surface area (Å²) in [6, 6.07) is 0. The number of aryl methyl sites for hydroxylation is 2. The van der Waals surface area contributed by atoms with Crippen molar-refractivity contribution in [1.82, 2.24) is 4.57 Å². The molecule has 0 aliphatic rings. The number of hydrogen-bond acceptors (Lipinski definition) is 0. The Hall–Kier alpha value is -0.790. The number of hydrogen-bond donors (Lipinski definition) is 0. The number of aromatic nitrogens is 2. The summed E-state index contributed by atoms with van der Waals surface area (Å²) < 4.78 is 4.81. The highest BCUT2D eigenvalue weighted by Crippen LogP contribution is 2.12. The van der Waals surface area contributed by atoms with Gasteiger partial charge in [-0.05, 0) is 20.3 Å². The van der Waals surface area contributed by atoms with E-state index in [1.807, 2.05) is 0 Å². The van der Waals surface area contributed by atoms with Crippen LogP contribution in [0.2, 0.25) is 0 Å². The zero-order valence-corrected chi connectivity index (χ0v) is 16.2. The van der Waals surface area contributed by atoms with Gasteiger partial charge in [0.15, 0.2) is 0 Å². The lowest BCUT2D eigenvalue weighted by molar-refractivity contribution is -0.700. The first-order chi connectivity index (χ1) is 11.3. The summed E-state index contributed by atoms with van der Waals surface area (Å²) in [6.45, 7) is 8.97. The van der Waals surface area contributed by atoms with E-state index in [0.717, 1.165) is 13.1 Å². The number of unbranched alkanes of at least 4 members (excludes halogenated alkanes) is 11. The molecule has 1 aromatic rings. The second-order valence-electron chi connectivity index (χ2n) is 6.93. The predicted molar refractivity (Wildman–Crippen MR) is 101 cm³/mol. The fraction of sp³-hybridized carbons (Fsp3) is 0.857. The van der Waals surface area contributed by atoms with Gasteiger partial charge in [0.2, 0.25) is 0 Å². The van der Waals surface area contributed by atoms with Crippen LogP contribution in [0.3, 0.4) is 0 Å². The maximum Gasteiger partial charge on any atom is 0.256 e. The number of nitrogens with zero attached hydrogens (tertiary/aromatic N) is 2. The van der Waals surface area contributed by atoms with Crippen LogP contribution in [0, 0.1) is 0 Å². The predicted octanol–water partition coefficient (Wildman–Crippen LogP) is 6.06. The van der Waals surface area contributed by atoms with E-state index in [1.54, 1.807) is 0 Å². The zero-order chi connectivity index (χ0) is 16.8. The summed E-state index contributed by atoms with van der Waals surface area (Å²) in [7, 11) is 0. The average molecular weight is 322 g/mol. The molecule has 0 unspecified atom stereocenters. The van der Waals surface area contributed by atoms with Crippen LogP contribution in [0.1, 0.15) is 104 Å². The molecule has 0 radical (unpaired) electrons. The van der Waals surface area contributed by atoms with Gasteiger partial charge in [-0.25, -0.2) is 9.13 Å². The van der Waals surface area contributed by atoms with Gasteiger partial charge >= 0.3 is 0 Å². The molecule has 0 aliphatic carbocycles. The molecule has 0 fully saturated rings. The summed E-state index contributed by atoms with van der Waals surface area (Å²) >= 11 is 0. The van der Waals surface area contributed by atoms with Crippen LogP contribution in [0.4, 0.5) is 0 Å². The summed E-state index contributed by atoms with van der Waals surface area (Å²) in [6.07, 6.45) is 22.9. The summed E-state index contributed by atoms with van der Waals surface area (Å²) in [5.74, 6) is 1.52. The second-order valence-corrected chi connectivity index (χ2v) is 6.93. The van der Waals surface area contributed by atoms with Gasteiger partial charge in [0, 0.05) is 6.42 Å². The first-order valence-corrected chi connectivity index (χ1v) is 10.4. The normalized spacial score (nSPS) is 11.3. The standard InChI is InChI=1S/C21H41N2/c1-4-7-8-9-10-11-12-13-14-15-16-17-18-21-22(5-2)19-20-23(21)6-3/h19-20H,4-18H2,1-3H3/q+1. The molecule has 0 N–H and O–H groups in total. The molecule has 1 aromatic heterocycles. The second kappa shape index (κ2) is 13.6. The molecule has 0 aliphatic heterocycles. The van der Waals surface area contributed by atoms with Crippen molar-refractivity contribution in [3.05, 3.63) is 18.2 Å². The molecule has 134 valence electrons. The first kappa shape index (κ1) is 20.3. The molecular weight excluding hydrogens is 280 g/mol. The van der Waals surface area contributed by atoms with Crippen molar-refractivity contribution < 1.29 is 4.57 Å². The van der Waals surface area contributed by atoms with Crippen LogP contribution < -0.4 is 4.57 Å². The molecule has 1 rings (SSSR count). The van der Waals surface area contributed by atoms with Crippen molar-refractivity contribution >= 4 is 0 Å². The maximum absolute atomic E-state index is 2.40. The lowest BCUT2D eigenvalue weighted by Gasteiger charge is -2.04. The Morgan fingerprint density at radius 2 is 1.26 bits per heavy atom. The number of imidazole rings is 1. The molecule has 0 amide bonds. The highest BCUT2D eigenvalue weighted by Gasteiger charge is 2.13. The minimum absolute atomic E-state index is 1.10. The van der Waals surface area contributed by atoms with Crippen molar-refractivity contribution in [2.75, 3.05) is 0 Å². The average Bonchev–Trinajstić information content (AvgIpc) is 2.97. The zero-order valence-electron chi connectivity index (χ0n) is 16.2. The Labute approximate surface area is 145 Å². The summed E-state index contributed by atoms with van der Waals surface area (Å²) in [5.41, 5.74) is 0. The van der Waals surface area contributed by atoms with E-state index >= 15 is 0 Å². The van der Waals surface area contributed by atoms with Crippen LogP contribution in [0.5, 0.6) is 0 Å². The SMILES string of the molecule is CCCCCCCCCCCCCCc1n(CC)cc[n+]1CC. The highest BCUT2D eigenvalue weighted by molar-refractivity contribution is 4.83. The molecule has 0 bridgehead atoms. The van der Waals surface area contributed by atoms with E-state index in [1.165, 1.54) is 89.3 Å². The Morgan fingerprint density at radius 1 is 0.739 bits per heavy atom. The smallest absolute Gasteiger partial charge is 0.235 e. The van der Waals surface area contributed by atoms with Crippen molar-refractivity contribution in [3.63, 3.8) is 0 Å². The van der Waals surface area contributed by atoms with Gasteiger partial charge in [0.25, 0.3) is 5.82 Å². The quantitative estimate of drug-likeness (QED) is 0.274. The monoisotopic (exact) mass is 321 g/mol. The van der Waals surface area contributed by atoms with Gasteiger partial charge in [0.05, 0.1) is 13.1 Å². The van der Waals surface area contributed by atoms with Gasteiger partial charge in [0.1, 0.15) is 12.4 Å². The van der Waals surface area contributed by atoms with E-state index in [4.69, 9.17) is 0 Å². The maximum atomic E-state index is 2.40. The Morgan fingerprint density at radius 3 is 1.74 bits per heavy atom. The van der Waals surface area contributed by atoms with Crippen molar-refractivity contribution in [3.8, 4) is 0 Å². The van der Waals surface area contributed by atoms with Crippen LogP contribution in [-0.4, -0.2) is 4.57 Å². The van der Waals surface area contributed by atoms with Crippen LogP contribution >= 0.6 is 0 Å². The van der Waals surface area contributed by atoms with Gasteiger partial charge < -0.3 is 0 Å². The number of rotatable bonds is 15. The fourth-order valence-electron chi connectivity index (χ4n) is 3.49. The highest BCUT2D eigenvalue weighted by atomic mass is 15.1. The third-order valence-electron chi connectivity index (χ3n) is 5.02. The van der Waals surface area contributed by atoms with E-state index < -0.39 is 0 Å². The third kappa shape index (κ3) is 8.58. The molecular formula is C21H41N2+. The largest absolute Gasteiger partial charge is 0.256 e. The lowest BCUT2D eigenvalue weighted by atomic mass is 10.0. The first-order valence-electron chi connectivity index (χ1n) is 10.4. The van der Waals surface area contributed by atoms with Crippen molar-refractivity contribution in [2.24, 2.45) is 0 Å². The molecule has 0 atom stereocenters. The Balaban J connectivity index is 1.97. The Bertz CT molecular complexity index is 360. The van der Waals surface area contributed by atoms with Crippen LogP contribution in [-0.2, 0) is 19.5 Å². The molecule has 23 heavy (non-hydrogen) atoms. The van der Waals surface area contributed by atoms with Gasteiger partial charge in [-0.3, -0.25) is 0 Å². The molecule has 2 nitrogen and oxygen atoms in total. The molecule has 0 aromatic carbocycles. The molecule has 0 saturated heterocycles. The van der Waals surface area contributed by atoms with Crippen LogP contribution in [0.25, 0.3) is 0 Å². The molecule has 0 saturated carbocycles. The molecule has 1 heterocycles. The summed E-state index contributed by atoms with van der Waals surface area (Å²) in [5, 5.41) is 0. The van der Waals surface area contributed by atoms with Crippen LogP contribution in [0.15, 0.2) is 12.4 Å². The summed E-state index contributed by atoms with van der Waals surface area (Å²) in [4.78, 5) is 0. The minimum Gasteiger partial charge on any atom is -0.235 e. The lowest BCUT2D eigenvalue weighted by Crippen LogP contribution is -2.35. The van der Waals surface area contributed by atoms with Crippen molar-refractivity contribution in [2.45, 2.75) is 117 Å². The fourth-order valence-corrected chi connectivity index (χ4v) is 3.49. The van der Waals surface area contributed by atoms with Crippen molar-refractivity contribution in [1.29, 1.82) is 0 Å². The van der Waals surface area contributed by atoms with Gasteiger partial charge in [-0.15, -0.1) is 0 Å². The van der Waals surface area contributed by atoms with Gasteiger partial charge in [-0.2, -0.15) is 0 Å². The minimum atomic E-state index is 1.10. The van der Waals surface area contributed by atoms with Gasteiger partial charge in [-0.1, -0.05) is 77.6 Å². The molecule has 2 heteroatoms. The van der Waals surface area contributed by atoms with E-state index in [2.05, 4.69) is 42.3 Å². The van der Waals surface area contributed by atoms with E-state index in [-0.39, 0.29) is 0 Å². The van der Waals surface area contributed by atoms with E-state index in [0.29, 0.717) is 0 Å². The molecule has 0 spiro atoms. The third-order valence-corrected chi connectivity index (χ3v) is 5.02. The topological polar surface area (TPSA) is 8.81 Å².